The molecule has 0 unspecified atom stereocenters. The van der Waals surface area contributed by atoms with Crippen molar-refractivity contribution in [1.82, 2.24) is 0 Å². The zero-order valence-corrected chi connectivity index (χ0v) is 23.7. The Balaban J connectivity index is 1.29. The third-order valence-corrected chi connectivity index (χ3v) is 10.2. The van der Waals surface area contributed by atoms with Gasteiger partial charge in [-0.05, 0) is 74.6 Å². The average Bonchev–Trinajstić information content (AvgIpc) is 3.77. The van der Waals surface area contributed by atoms with Crippen molar-refractivity contribution in [2.75, 3.05) is 0 Å². The first-order chi connectivity index (χ1) is 21.3. The summed E-state index contributed by atoms with van der Waals surface area (Å²) in [7, 11) is 0. The van der Waals surface area contributed by atoms with Crippen molar-refractivity contribution in [3.63, 3.8) is 0 Å². The van der Waals surface area contributed by atoms with E-state index in [2.05, 4.69) is 121 Å². The summed E-state index contributed by atoms with van der Waals surface area (Å²) in [4.78, 5) is 0. The van der Waals surface area contributed by atoms with Crippen molar-refractivity contribution in [2.45, 2.75) is 0 Å². The molecule has 0 radical (unpaired) electrons. The highest BCUT2D eigenvalue weighted by Crippen LogP contribution is 2.48. The van der Waals surface area contributed by atoms with Gasteiger partial charge in [0.2, 0.25) is 0 Å². The molecule has 0 N–H and O–H groups in total. The van der Waals surface area contributed by atoms with Crippen molar-refractivity contribution in [3.8, 4) is 22.3 Å². The Morgan fingerprint density at radius 2 is 1.12 bits per heavy atom. The van der Waals surface area contributed by atoms with Crippen LogP contribution in [0.5, 0.6) is 0 Å². The van der Waals surface area contributed by atoms with Crippen molar-refractivity contribution >= 4 is 86.0 Å². The van der Waals surface area contributed by atoms with Gasteiger partial charge in [0, 0.05) is 41.9 Å². The Morgan fingerprint density at radius 3 is 1.91 bits per heavy atom. The lowest BCUT2D eigenvalue weighted by Gasteiger charge is -2.18. The van der Waals surface area contributed by atoms with E-state index >= 15 is 0 Å². The zero-order chi connectivity index (χ0) is 28.1. The molecular weight excluding hydrogens is 545 g/mol. The summed E-state index contributed by atoms with van der Waals surface area (Å²) in [6.07, 6.45) is 1.73. The fraction of sp³-hybridized carbons (Fsp3) is 0. The molecule has 0 aliphatic carbocycles. The van der Waals surface area contributed by atoms with Gasteiger partial charge in [0.1, 0.15) is 16.7 Å². The van der Waals surface area contributed by atoms with Crippen LogP contribution in [0.4, 0.5) is 0 Å². The molecule has 2 nitrogen and oxygen atoms in total. The average molecular weight is 567 g/mol. The van der Waals surface area contributed by atoms with Gasteiger partial charge in [-0.2, -0.15) is 0 Å². The van der Waals surface area contributed by atoms with E-state index in [-0.39, 0.29) is 0 Å². The molecule has 0 bridgehead atoms. The zero-order valence-electron chi connectivity index (χ0n) is 22.9. The lowest BCUT2D eigenvalue weighted by Crippen LogP contribution is -1.91. The van der Waals surface area contributed by atoms with Crippen LogP contribution >= 0.6 is 11.3 Å². The van der Waals surface area contributed by atoms with Crippen LogP contribution in [0.1, 0.15) is 0 Å². The summed E-state index contributed by atoms with van der Waals surface area (Å²) < 4.78 is 14.8. The predicted molar refractivity (Wildman–Crippen MR) is 182 cm³/mol. The van der Waals surface area contributed by atoms with Gasteiger partial charge in [-0.3, -0.25) is 0 Å². The molecule has 3 aromatic heterocycles. The first-order valence-electron chi connectivity index (χ1n) is 14.5. The maximum atomic E-state index is 6.45. The number of thiophene rings is 1. The second-order valence-corrected chi connectivity index (χ2v) is 12.3. The first kappa shape index (κ1) is 23.2. The molecule has 10 aromatic rings. The van der Waals surface area contributed by atoms with Crippen LogP contribution in [-0.4, -0.2) is 0 Å². The van der Waals surface area contributed by atoms with E-state index in [0.29, 0.717) is 0 Å². The molecule has 0 fully saturated rings. The van der Waals surface area contributed by atoms with E-state index in [4.69, 9.17) is 8.83 Å². The standard InChI is InChI=1S/C40H22O2S/c1-3-11-29-27(9-1)38(24-16-17-25-33-22-34-23(18-19-41-34)20-36(33)42-35(25)21-24)28-10-2-4-12-30(28)39(29)32-14-7-13-31-26-8-5-6-15-37(26)43-40(31)32/h1-22H. The third-order valence-electron chi connectivity index (χ3n) is 8.94. The van der Waals surface area contributed by atoms with Crippen molar-refractivity contribution in [2.24, 2.45) is 0 Å². The first-order valence-corrected chi connectivity index (χ1v) is 15.3. The maximum Gasteiger partial charge on any atom is 0.136 e. The second-order valence-electron chi connectivity index (χ2n) is 11.2. The Hall–Kier alpha value is -5.38. The molecule has 200 valence electrons. The van der Waals surface area contributed by atoms with Crippen LogP contribution in [-0.2, 0) is 0 Å². The summed E-state index contributed by atoms with van der Waals surface area (Å²) >= 11 is 1.89. The fourth-order valence-electron chi connectivity index (χ4n) is 7.06. The van der Waals surface area contributed by atoms with E-state index < -0.39 is 0 Å². The van der Waals surface area contributed by atoms with Gasteiger partial charge in [0.25, 0.3) is 0 Å². The molecule has 0 atom stereocenters. The molecule has 0 spiro atoms. The highest BCUT2D eigenvalue weighted by atomic mass is 32.1. The molecule has 10 rings (SSSR count). The maximum absolute atomic E-state index is 6.45. The van der Waals surface area contributed by atoms with Gasteiger partial charge in [-0.25, -0.2) is 0 Å². The molecule has 0 saturated carbocycles. The van der Waals surface area contributed by atoms with E-state index in [0.717, 1.165) is 38.5 Å². The molecule has 3 heterocycles. The summed E-state index contributed by atoms with van der Waals surface area (Å²) in [6, 6.07) is 46.0. The summed E-state index contributed by atoms with van der Waals surface area (Å²) in [5, 5.41) is 10.8. The smallest absolute Gasteiger partial charge is 0.136 e. The molecule has 3 heteroatoms. The summed E-state index contributed by atoms with van der Waals surface area (Å²) in [5.74, 6) is 0. The Morgan fingerprint density at radius 1 is 0.442 bits per heavy atom. The van der Waals surface area contributed by atoms with Gasteiger partial charge in [0.05, 0.1) is 6.26 Å². The van der Waals surface area contributed by atoms with Gasteiger partial charge < -0.3 is 8.83 Å². The Kier molecular flexibility index (Phi) is 4.63. The van der Waals surface area contributed by atoms with Gasteiger partial charge in [-0.15, -0.1) is 11.3 Å². The van der Waals surface area contributed by atoms with Gasteiger partial charge >= 0.3 is 0 Å². The number of fused-ring (bicyclic) bond motifs is 9. The number of rotatable bonds is 2. The minimum Gasteiger partial charge on any atom is -0.464 e. The molecule has 43 heavy (non-hydrogen) atoms. The van der Waals surface area contributed by atoms with Crippen LogP contribution in [0, 0.1) is 0 Å². The minimum atomic E-state index is 0.875. The van der Waals surface area contributed by atoms with Crippen LogP contribution in [0.25, 0.3) is 96.9 Å². The topological polar surface area (TPSA) is 26.3 Å². The largest absolute Gasteiger partial charge is 0.464 e. The number of furan rings is 2. The molecular formula is C40H22O2S. The quantitative estimate of drug-likeness (QED) is 0.195. The van der Waals surface area contributed by atoms with Gasteiger partial charge in [0.15, 0.2) is 0 Å². The SMILES string of the molecule is c1ccc2c(c1)sc1c(-c3c4ccccc4c(-c4ccc5c(c4)oc4cc6ccoc6cc45)c4ccccc34)cccc12. The van der Waals surface area contributed by atoms with E-state index in [1.54, 1.807) is 6.26 Å². The van der Waals surface area contributed by atoms with Crippen molar-refractivity contribution in [1.29, 1.82) is 0 Å². The summed E-state index contributed by atoms with van der Waals surface area (Å²) in [6.45, 7) is 0. The van der Waals surface area contributed by atoms with Crippen LogP contribution in [0.15, 0.2) is 142 Å². The minimum absolute atomic E-state index is 0.875. The van der Waals surface area contributed by atoms with E-state index in [1.807, 2.05) is 17.4 Å². The highest BCUT2D eigenvalue weighted by molar-refractivity contribution is 7.26. The second kappa shape index (κ2) is 8.57. The van der Waals surface area contributed by atoms with Crippen molar-refractivity contribution < 1.29 is 8.83 Å². The van der Waals surface area contributed by atoms with E-state index in [9.17, 15) is 0 Å². The Bertz CT molecular complexity index is 2680. The summed E-state index contributed by atoms with van der Waals surface area (Å²) in [5.41, 5.74) is 7.59. The third kappa shape index (κ3) is 3.23. The Labute approximate surface area is 250 Å². The predicted octanol–water partition coefficient (Wildman–Crippen LogP) is 12.3. The number of hydrogen-bond acceptors (Lipinski definition) is 3. The van der Waals surface area contributed by atoms with Crippen molar-refractivity contribution in [3.05, 3.63) is 134 Å². The normalized spacial score (nSPS) is 12.2. The number of hydrogen-bond donors (Lipinski definition) is 0. The molecule has 0 aliphatic heterocycles. The number of benzene rings is 7. The van der Waals surface area contributed by atoms with Crippen LogP contribution in [0.3, 0.4) is 0 Å². The highest BCUT2D eigenvalue weighted by Gasteiger charge is 2.20. The van der Waals surface area contributed by atoms with Gasteiger partial charge in [-0.1, -0.05) is 91.0 Å². The molecule has 7 aromatic carbocycles. The fourth-order valence-corrected chi connectivity index (χ4v) is 8.28. The monoisotopic (exact) mass is 566 g/mol. The molecule has 0 saturated heterocycles. The lowest BCUT2D eigenvalue weighted by atomic mass is 9.85. The lowest BCUT2D eigenvalue weighted by molar-refractivity contribution is 0.616. The van der Waals surface area contributed by atoms with Crippen LogP contribution in [0.2, 0.25) is 0 Å². The van der Waals surface area contributed by atoms with Crippen LogP contribution < -0.4 is 0 Å². The molecule has 0 aliphatic rings. The molecule has 0 amide bonds. The van der Waals surface area contributed by atoms with E-state index in [1.165, 1.54) is 58.4 Å².